The van der Waals surface area contributed by atoms with E-state index in [1.807, 2.05) is 0 Å². The fraction of sp³-hybridized carbons (Fsp3) is 0.500. The van der Waals surface area contributed by atoms with E-state index >= 15 is 0 Å². The quantitative estimate of drug-likeness (QED) is 0.694. The van der Waals surface area contributed by atoms with E-state index in [0.717, 1.165) is 29.7 Å². The van der Waals surface area contributed by atoms with Gasteiger partial charge in [-0.2, -0.15) is 0 Å². The van der Waals surface area contributed by atoms with E-state index < -0.39 is 11.6 Å². The van der Waals surface area contributed by atoms with Crippen LogP contribution in [-0.2, 0) is 12.8 Å². The van der Waals surface area contributed by atoms with E-state index in [1.54, 1.807) is 26.0 Å². The van der Waals surface area contributed by atoms with Gasteiger partial charge < -0.3 is 14.9 Å². The third-order valence-electron chi connectivity index (χ3n) is 4.70. The minimum absolute atomic E-state index is 0.273. The van der Waals surface area contributed by atoms with Crippen molar-refractivity contribution in [2.75, 3.05) is 0 Å². The summed E-state index contributed by atoms with van der Waals surface area (Å²) in [6, 6.07) is 3.35. The van der Waals surface area contributed by atoms with Crippen molar-refractivity contribution in [3.8, 4) is 5.75 Å². The Bertz CT molecular complexity index is 731. The van der Waals surface area contributed by atoms with Crippen molar-refractivity contribution < 1.29 is 19.7 Å². The average Bonchev–Trinajstić information content (AvgIpc) is 2.96. The van der Waals surface area contributed by atoms with Crippen LogP contribution < -0.4 is 4.74 Å². The molecular formula is C22H30O4. The Labute approximate surface area is 156 Å². The SMILES string of the molecule is CC(C)=CCCC(C)=CCc1cc(C(=O)O)cc2c1O[C@@H](C(C)(C)O)C2. The molecule has 0 amide bonds. The van der Waals surface area contributed by atoms with Gasteiger partial charge in [-0.25, -0.2) is 4.79 Å². The maximum Gasteiger partial charge on any atom is 0.335 e. The number of carboxylic acids is 1. The third-order valence-corrected chi connectivity index (χ3v) is 4.70. The van der Waals surface area contributed by atoms with Crippen molar-refractivity contribution in [2.45, 2.75) is 72.0 Å². The molecule has 0 fully saturated rings. The van der Waals surface area contributed by atoms with Crippen LogP contribution in [0.25, 0.3) is 0 Å². The molecule has 2 rings (SSSR count). The number of carbonyl (C=O) groups is 1. The smallest absolute Gasteiger partial charge is 0.335 e. The Morgan fingerprint density at radius 1 is 1.27 bits per heavy atom. The first kappa shape index (κ1) is 20.2. The van der Waals surface area contributed by atoms with Gasteiger partial charge in [0.15, 0.2) is 0 Å². The molecule has 0 bridgehead atoms. The summed E-state index contributed by atoms with van der Waals surface area (Å²) < 4.78 is 6.00. The van der Waals surface area contributed by atoms with E-state index in [-0.39, 0.29) is 11.7 Å². The molecule has 1 aromatic carbocycles. The standard InChI is InChI=1S/C22H30O4/c1-14(2)7-6-8-15(3)9-10-16-11-18(21(23)24)12-17-13-19(22(4,5)25)26-20(16)17/h7,9,11-12,19,25H,6,8,10,13H2,1-5H3,(H,23,24)/t19-/m1/s1. The normalized spacial score (nSPS) is 16.8. The fourth-order valence-electron chi connectivity index (χ4n) is 3.08. The largest absolute Gasteiger partial charge is 0.487 e. The number of aromatic carboxylic acids is 1. The summed E-state index contributed by atoms with van der Waals surface area (Å²) in [6.45, 7) is 9.72. The van der Waals surface area contributed by atoms with Gasteiger partial charge in [0.05, 0.1) is 11.2 Å². The number of hydrogen-bond donors (Lipinski definition) is 2. The molecule has 2 N–H and O–H groups in total. The summed E-state index contributed by atoms with van der Waals surface area (Å²) in [5.41, 5.74) is 3.62. The molecule has 0 aromatic heterocycles. The highest BCUT2D eigenvalue weighted by Crippen LogP contribution is 2.37. The highest BCUT2D eigenvalue weighted by molar-refractivity contribution is 5.88. The average molecular weight is 358 g/mol. The van der Waals surface area contributed by atoms with Crippen LogP contribution >= 0.6 is 0 Å². The van der Waals surface area contributed by atoms with Crippen LogP contribution in [0.3, 0.4) is 0 Å². The summed E-state index contributed by atoms with van der Waals surface area (Å²) >= 11 is 0. The number of ether oxygens (including phenoxy) is 1. The van der Waals surface area contributed by atoms with Gasteiger partial charge in [0, 0.05) is 6.42 Å². The Morgan fingerprint density at radius 2 is 1.96 bits per heavy atom. The summed E-state index contributed by atoms with van der Waals surface area (Å²) in [7, 11) is 0. The van der Waals surface area contributed by atoms with Crippen LogP contribution in [0.5, 0.6) is 5.75 Å². The van der Waals surface area contributed by atoms with Gasteiger partial charge in [-0.05, 0) is 77.1 Å². The van der Waals surface area contributed by atoms with Crippen LogP contribution in [0.1, 0.15) is 68.9 Å². The predicted octanol–water partition coefficient (Wildman–Crippen LogP) is 4.69. The molecule has 1 aliphatic heterocycles. The van der Waals surface area contributed by atoms with Crippen LogP contribution in [0.15, 0.2) is 35.4 Å². The lowest BCUT2D eigenvalue weighted by Gasteiger charge is -2.24. The zero-order chi connectivity index (χ0) is 19.5. The minimum Gasteiger partial charge on any atom is -0.487 e. The van der Waals surface area contributed by atoms with Gasteiger partial charge in [-0.1, -0.05) is 23.3 Å². The van der Waals surface area contributed by atoms with Gasteiger partial charge >= 0.3 is 5.97 Å². The number of allylic oxidation sites excluding steroid dienone is 4. The van der Waals surface area contributed by atoms with Gasteiger partial charge in [0.2, 0.25) is 0 Å². The number of hydrogen-bond acceptors (Lipinski definition) is 3. The fourth-order valence-corrected chi connectivity index (χ4v) is 3.08. The van der Waals surface area contributed by atoms with Crippen molar-refractivity contribution in [2.24, 2.45) is 0 Å². The molecule has 4 heteroatoms. The second kappa shape index (κ2) is 8.09. The number of rotatable bonds is 7. The van der Waals surface area contributed by atoms with Gasteiger partial charge in [-0.15, -0.1) is 0 Å². The van der Waals surface area contributed by atoms with Gasteiger partial charge in [-0.3, -0.25) is 0 Å². The van der Waals surface area contributed by atoms with E-state index in [1.165, 1.54) is 11.1 Å². The number of fused-ring (bicyclic) bond motifs is 1. The molecule has 1 atom stereocenters. The van der Waals surface area contributed by atoms with E-state index in [4.69, 9.17) is 4.74 Å². The van der Waals surface area contributed by atoms with Crippen molar-refractivity contribution in [3.63, 3.8) is 0 Å². The highest BCUT2D eigenvalue weighted by Gasteiger charge is 2.36. The summed E-state index contributed by atoms with van der Waals surface area (Å²) in [5, 5.41) is 19.7. The lowest BCUT2D eigenvalue weighted by Crippen LogP contribution is -2.39. The highest BCUT2D eigenvalue weighted by atomic mass is 16.5. The topological polar surface area (TPSA) is 66.8 Å². The van der Waals surface area contributed by atoms with Crippen LogP contribution in [0.4, 0.5) is 0 Å². The lowest BCUT2D eigenvalue weighted by atomic mass is 9.95. The first-order chi connectivity index (χ1) is 12.1. The molecule has 0 spiro atoms. The molecule has 4 nitrogen and oxygen atoms in total. The molecule has 26 heavy (non-hydrogen) atoms. The van der Waals surface area contributed by atoms with Gasteiger partial charge in [0.25, 0.3) is 0 Å². The van der Waals surface area contributed by atoms with Crippen LogP contribution in [0.2, 0.25) is 0 Å². The Hall–Kier alpha value is -2.07. The molecule has 1 heterocycles. The second-order valence-electron chi connectivity index (χ2n) is 7.97. The van der Waals surface area contributed by atoms with Crippen molar-refractivity contribution in [3.05, 3.63) is 52.1 Å². The van der Waals surface area contributed by atoms with E-state index in [2.05, 4.69) is 32.9 Å². The monoisotopic (exact) mass is 358 g/mol. The molecule has 0 radical (unpaired) electrons. The summed E-state index contributed by atoms with van der Waals surface area (Å²) in [4.78, 5) is 11.5. The Kier molecular flexibility index (Phi) is 6.30. The maximum atomic E-state index is 11.5. The first-order valence-corrected chi connectivity index (χ1v) is 9.15. The Morgan fingerprint density at radius 3 is 2.54 bits per heavy atom. The lowest BCUT2D eigenvalue weighted by molar-refractivity contribution is -0.0231. The third kappa shape index (κ3) is 5.21. The van der Waals surface area contributed by atoms with Gasteiger partial charge in [0.1, 0.15) is 11.9 Å². The number of benzene rings is 1. The summed E-state index contributed by atoms with van der Waals surface area (Å²) in [5.74, 6) is -0.208. The molecular weight excluding hydrogens is 328 g/mol. The van der Waals surface area contributed by atoms with Crippen molar-refractivity contribution >= 4 is 5.97 Å². The number of carboxylic acid groups (broad SMARTS) is 1. The Balaban J connectivity index is 2.23. The molecule has 0 saturated carbocycles. The maximum absolute atomic E-state index is 11.5. The molecule has 0 unspecified atom stereocenters. The minimum atomic E-state index is -0.976. The second-order valence-corrected chi connectivity index (χ2v) is 7.97. The zero-order valence-corrected chi connectivity index (χ0v) is 16.4. The van der Waals surface area contributed by atoms with E-state index in [9.17, 15) is 15.0 Å². The summed E-state index contributed by atoms with van der Waals surface area (Å²) in [6.07, 6.45) is 7.15. The molecule has 1 aromatic rings. The molecule has 0 saturated heterocycles. The predicted molar refractivity (Wildman–Crippen MR) is 104 cm³/mol. The first-order valence-electron chi connectivity index (χ1n) is 9.15. The molecule has 0 aliphatic carbocycles. The van der Waals surface area contributed by atoms with Crippen LogP contribution in [0, 0.1) is 0 Å². The number of aliphatic hydroxyl groups is 1. The van der Waals surface area contributed by atoms with Crippen molar-refractivity contribution in [1.82, 2.24) is 0 Å². The van der Waals surface area contributed by atoms with Crippen molar-refractivity contribution in [1.29, 1.82) is 0 Å². The van der Waals surface area contributed by atoms with Crippen LogP contribution in [-0.4, -0.2) is 27.9 Å². The molecule has 142 valence electrons. The van der Waals surface area contributed by atoms with E-state index in [0.29, 0.717) is 12.8 Å². The zero-order valence-electron chi connectivity index (χ0n) is 16.4. The molecule has 1 aliphatic rings.